The highest BCUT2D eigenvalue weighted by Gasteiger charge is 2.11. The van der Waals surface area contributed by atoms with Gasteiger partial charge in [0.15, 0.2) is 0 Å². The van der Waals surface area contributed by atoms with Crippen LogP contribution in [-0.4, -0.2) is 27.3 Å². The first-order chi connectivity index (χ1) is 15.0. The van der Waals surface area contributed by atoms with Gasteiger partial charge in [-0.2, -0.15) is 4.98 Å². The van der Waals surface area contributed by atoms with Crippen molar-refractivity contribution in [3.63, 3.8) is 0 Å². The van der Waals surface area contributed by atoms with Gasteiger partial charge in [0.05, 0.1) is 12.8 Å². The molecule has 0 aliphatic rings. The highest BCUT2D eigenvalue weighted by atomic mass is 16.5. The normalized spacial score (nSPS) is 10.6. The summed E-state index contributed by atoms with van der Waals surface area (Å²) in [6.45, 7) is 0.541. The number of nitrogens with one attached hydrogen (secondary N) is 1. The number of methoxy groups -OCH3 is 1. The van der Waals surface area contributed by atoms with Gasteiger partial charge in [-0.3, -0.25) is 0 Å². The van der Waals surface area contributed by atoms with Crippen LogP contribution in [0.25, 0.3) is 22.4 Å². The smallest absolute Gasteiger partial charge is 0.222 e. The topological polar surface area (TPSA) is 114 Å². The lowest BCUT2D eigenvalue weighted by Crippen LogP contribution is -2.05. The standard InChI is InChI=1S/C24H22N4O3/c1-31-19-9-2-15(3-10-19)14-26-23-13-21(27-24(25)28-23)20-12-17(6-11-22(20)30)16-4-7-18(29)8-5-16/h2-13,29-30H,14H2,1H3,(H3,25,26,27,28). The molecule has 0 saturated heterocycles. The number of hydrogen-bond acceptors (Lipinski definition) is 7. The SMILES string of the molecule is COc1ccc(CNc2cc(-c3cc(-c4ccc(O)cc4)ccc3O)nc(N)n2)cc1. The molecule has 0 aliphatic heterocycles. The number of benzene rings is 3. The lowest BCUT2D eigenvalue weighted by Gasteiger charge is -2.11. The monoisotopic (exact) mass is 414 g/mol. The Morgan fingerprint density at radius 2 is 1.58 bits per heavy atom. The first-order valence-electron chi connectivity index (χ1n) is 9.66. The zero-order valence-electron chi connectivity index (χ0n) is 16.9. The fourth-order valence-electron chi connectivity index (χ4n) is 3.21. The largest absolute Gasteiger partial charge is 0.508 e. The number of phenols is 2. The highest BCUT2D eigenvalue weighted by Crippen LogP contribution is 2.34. The molecule has 0 radical (unpaired) electrons. The van der Waals surface area contributed by atoms with Crippen LogP contribution in [0.1, 0.15) is 5.56 Å². The van der Waals surface area contributed by atoms with Crippen molar-refractivity contribution in [3.8, 4) is 39.6 Å². The molecule has 5 N–H and O–H groups in total. The van der Waals surface area contributed by atoms with E-state index in [2.05, 4.69) is 15.3 Å². The number of anilines is 2. The average molecular weight is 414 g/mol. The highest BCUT2D eigenvalue weighted by molar-refractivity contribution is 5.77. The molecule has 1 heterocycles. The molecule has 0 amide bonds. The van der Waals surface area contributed by atoms with Crippen LogP contribution in [0.3, 0.4) is 0 Å². The van der Waals surface area contributed by atoms with Crippen LogP contribution in [0, 0.1) is 0 Å². The van der Waals surface area contributed by atoms with E-state index in [0.717, 1.165) is 22.4 Å². The summed E-state index contributed by atoms with van der Waals surface area (Å²) in [5.74, 6) is 1.72. The minimum atomic E-state index is 0.0849. The van der Waals surface area contributed by atoms with E-state index >= 15 is 0 Å². The van der Waals surface area contributed by atoms with E-state index in [1.54, 1.807) is 37.4 Å². The van der Waals surface area contributed by atoms with Crippen LogP contribution in [0.4, 0.5) is 11.8 Å². The molecule has 3 aromatic carbocycles. The molecule has 31 heavy (non-hydrogen) atoms. The van der Waals surface area contributed by atoms with Crippen molar-refractivity contribution in [1.82, 2.24) is 9.97 Å². The molecule has 0 unspecified atom stereocenters. The van der Waals surface area contributed by atoms with Crippen molar-refractivity contribution in [2.45, 2.75) is 6.54 Å². The van der Waals surface area contributed by atoms with Crippen LogP contribution in [-0.2, 0) is 6.54 Å². The van der Waals surface area contributed by atoms with Gasteiger partial charge in [0.25, 0.3) is 0 Å². The number of rotatable bonds is 6. The molecule has 0 aliphatic carbocycles. The maximum atomic E-state index is 10.4. The van der Waals surface area contributed by atoms with Crippen molar-refractivity contribution in [2.75, 3.05) is 18.2 Å². The first-order valence-corrected chi connectivity index (χ1v) is 9.66. The fraction of sp³-hybridized carbons (Fsp3) is 0.0833. The lowest BCUT2D eigenvalue weighted by molar-refractivity contribution is 0.414. The maximum absolute atomic E-state index is 10.4. The Bertz CT molecular complexity index is 1190. The van der Waals surface area contributed by atoms with Crippen LogP contribution >= 0.6 is 0 Å². The third-order valence-corrected chi connectivity index (χ3v) is 4.85. The Morgan fingerprint density at radius 3 is 2.29 bits per heavy atom. The Hall–Kier alpha value is -4.26. The van der Waals surface area contributed by atoms with E-state index in [4.69, 9.17) is 10.5 Å². The second-order valence-electron chi connectivity index (χ2n) is 6.98. The summed E-state index contributed by atoms with van der Waals surface area (Å²) in [6, 6.07) is 21.5. The molecule has 7 nitrogen and oxygen atoms in total. The maximum Gasteiger partial charge on any atom is 0.222 e. The quantitative estimate of drug-likeness (QED) is 0.369. The van der Waals surface area contributed by atoms with E-state index in [0.29, 0.717) is 23.6 Å². The summed E-state index contributed by atoms with van der Waals surface area (Å²) in [5.41, 5.74) is 9.80. The van der Waals surface area contributed by atoms with Gasteiger partial charge < -0.3 is 26.0 Å². The van der Waals surface area contributed by atoms with E-state index in [1.807, 2.05) is 42.5 Å². The predicted molar refractivity (Wildman–Crippen MR) is 121 cm³/mol. The van der Waals surface area contributed by atoms with E-state index < -0.39 is 0 Å². The molecule has 7 heteroatoms. The number of nitrogens with zero attached hydrogens (tertiary/aromatic N) is 2. The third kappa shape index (κ3) is 4.67. The average Bonchev–Trinajstić information content (AvgIpc) is 2.78. The van der Waals surface area contributed by atoms with Gasteiger partial charge in [-0.15, -0.1) is 0 Å². The van der Waals surface area contributed by atoms with Crippen molar-refractivity contribution in [3.05, 3.63) is 78.4 Å². The van der Waals surface area contributed by atoms with Gasteiger partial charge in [0, 0.05) is 18.2 Å². The summed E-state index contributed by atoms with van der Waals surface area (Å²) in [6.07, 6.45) is 0. The Labute approximate surface area is 179 Å². The lowest BCUT2D eigenvalue weighted by atomic mass is 10.0. The Kier molecular flexibility index (Phi) is 5.57. The molecule has 0 spiro atoms. The minimum absolute atomic E-state index is 0.0849. The molecule has 1 aromatic heterocycles. The van der Waals surface area contributed by atoms with Crippen LogP contribution in [0.15, 0.2) is 72.8 Å². The van der Waals surface area contributed by atoms with Gasteiger partial charge in [0.1, 0.15) is 23.1 Å². The predicted octanol–water partition coefficient (Wildman–Crippen LogP) is 4.42. The number of aromatic nitrogens is 2. The molecule has 4 aromatic rings. The van der Waals surface area contributed by atoms with Gasteiger partial charge in [-0.05, 0) is 53.1 Å². The zero-order valence-corrected chi connectivity index (χ0v) is 16.9. The van der Waals surface area contributed by atoms with Crippen molar-refractivity contribution < 1.29 is 14.9 Å². The second-order valence-corrected chi connectivity index (χ2v) is 6.98. The number of ether oxygens (including phenoxy) is 1. The molecule has 0 saturated carbocycles. The van der Waals surface area contributed by atoms with Crippen LogP contribution in [0.5, 0.6) is 17.2 Å². The van der Waals surface area contributed by atoms with Gasteiger partial charge >= 0.3 is 0 Å². The van der Waals surface area contributed by atoms with E-state index in [-0.39, 0.29) is 17.4 Å². The number of aromatic hydroxyl groups is 2. The summed E-state index contributed by atoms with van der Waals surface area (Å²) in [4.78, 5) is 8.55. The first kappa shape index (κ1) is 20.0. The van der Waals surface area contributed by atoms with Crippen molar-refractivity contribution in [1.29, 1.82) is 0 Å². The van der Waals surface area contributed by atoms with E-state index in [9.17, 15) is 10.2 Å². The number of nitrogens with two attached hydrogens (primary N) is 1. The van der Waals surface area contributed by atoms with Crippen molar-refractivity contribution >= 4 is 11.8 Å². The molecule has 4 rings (SSSR count). The molecular formula is C24H22N4O3. The molecule has 0 bridgehead atoms. The number of hydrogen-bond donors (Lipinski definition) is 4. The third-order valence-electron chi connectivity index (χ3n) is 4.85. The van der Waals surface area contributed by atoms with Crippen LogP contribution in [0.2, 0.25) is 0 Å². The summed E-state index contributed by atoms with van der Waals surface area (Å²) < 4.78 is 5.18. The minimum Gasteiger partial charge on any atom is -0.508 e. The summed E-state index contributed by atoms with van der Waals surface area (Å²) in [5, 5.41) is 23.2. The fourth-order valence-corrected chi connectivity index (χ4v) is 3.21. The molecular weight excluding hydrogens is 392 g/mol. The summed E-state index contributed by atoms with van der Waals surface area (Å²) >= 11 is 0. The van der Waals surface area contributed by atoms with Crippen LogP contribution < -0.4 is 15.8 Å². The van der Waals surface area contributed by atoms with Gasteiger partial charge in [-0.1, -0.05) is 30.3 Å². The zero-order chi connectivity index (χ0) is 21.8. The number of nitrogen functional groups attached to an aromatic ring is 1. The summed E-state index contributed by atoms with van der Waals surface area (Å²) in [7, 11) is 1.63. The van der Waals surface area contributed by atoms with E-state index in [1.165, 1.54) is 0 Å². The van der Waals surface area contributed by atoms with Gasteiger partial charge in [-0.25, -0.2) is 4.98 Å². The molecule has 156 valence electrons. The molecule has 0 fully saturated rings. The molecule has 0 atom stereocenters. The Morgan fingerprint density at radius 1 is 0.871 bits per heavy atom. The second kappa shape index (κ2) is 8.62. The van der Waals surface area contributed by atoms with Gasteiger partial charge in [0.2, 0.25) is 5.95 Å². The van der Waals surface area contributed by atoms with Crippen molar-refractivity contribution in [2.24, 2.45) is 0 Å². The Balaban J connectivity index is 1.61. The number of phenolic OH excluding ortho intramolecular Hbond substituents is 2.